The number of thiophene rings is 1. The van der Waals surface area contributed by atoms with Crippen molar-refractivity contribution in [2.75, 3.05) is 6.54 Å². The van der Waals surface area contributed by atoms with Crippen molar-refractivity contribution < 1.29 is 14.7 Å². The summed E-state index contributed by atoms with van der Waals surface area (Å²) in [5.74, 6) is -0.203. The Morgan fingerprint density at radius 1 is 1.22 bits per heavy atom. The molecule has 1 amide bonds. The normalized spacial score (nSPS) is 15.1. The van der Waals surface area contributed by atoms with Crippen LogP contribution in [0.15, 0.2) is 46.7 Å². The standard InChI is InChI=1S/C17H17NO3S2/c19-15(18-11-17(7-8-17)16(20)21)13-5-1-2-6-14(13)23-10-12-4-3-9-22-12/h1-6,9H,7-8,10-11H2,(H,18,19)(H,20,21). The molecular formula is C17H17NO3S2. The number of amides is 1. The van der Waals surface area contributed by atoms with Gasteiger partial charge in [0.25, 0.3) is 5.91 Å². The molecule has 0 radical (unpaired) electrons. The van der Waals surface area contributed by atoms with Gasteiger partial charge in [0.15, 0.2) is 0 Å². The van der Waals surface area contributed by atoms with Crippen LogP contribution < -0.4 is 5.32 Å². The van der Waals surface area contributed by atoms with Crippen molar-refractivity contribution in [3.63, 3.8) is 0 Å². The second kappa shape index (κ2) is 6.76. The van der Waals surface area contributed by atoms with Gasteiger partial charge in [-0.15, -0.1) is 23.1 Å². The fraction of sp³-hybridized carbons (Fsp3) is 0.294. The van der Waals surface area contributed by atoms with Crippen molar-refractivity contribution in [2.45, 2.75) is 23.5 Å². The number of nitrogens with one attached hydrogen (secondary N) is 1. The zero-order valence-corrected chi connectivity index (χ0v) is 14.1. The van der Waals surface area contributed by atoms with Crippen LogP contribution in [-0.4, -0.2) is 23.5 Å². The Labute approximate surface area is 142 Å². The molecule has 0 unspecified atom stereocenters. The predicted molar refractivity (Wildman–Crippen MR) is 92.0 cm³/mol. The van der Waals surface area contributed by atoms with E-state index in [1.807, 2.05) is 29.6 Å². The van der Waals surface area contributed by atoms with Crippen LogP contribution >= 0.6 is 23.1 Å². The molecule has 1 heterocycles. The predicted octanol–water partition coefficient (Wildman–Crippen LogP) is 3.64. The molecule has 0 aliphatic heterocycles. The minimum absolute atomic E-state index is 0.199. The summed E-state index contributed by atoms with van der Waals surface area (Å²) in [6, 6.07) is 11.5. The van der Waals surface area contributed by atoms with Crippen molar-refractivity contribution >= 4 is 35.0 Å². The summed E-state index contributed by atoms with van der Waals surface area (Å²) in [6.45, 7) is 0.199. The van der Waals surface area contributed by atoms with Gasteiger partial charge < -0.3 is 10.4 Å². The number of hydrogen-bond acceptors (Lipinski definition) is 4. The van der Waals surface area contributed by atoms with Gasteiger partial charge >= 0.3 is 5.97 Å². The number of carbonyl (C=O) groups is 2. The molecular weight excluding hydrogens is 330 g/mol. The lowest BCUT2D eigenvalue weighted by atomic mass is 10.1. The summed E-state index contributed by atoms with van der Waals surface area (Å²) in [5, 5.41) is 14.0. The molecule has 6 heteroatoms. The van der Waals surface area contributed by atoms with Gasteiger partial charge in [0, 0.05) is 22.1 Å². The monoisotopic (exact) mass is 347 g/mol. The van der Waals surface area contributed by atoms with Gasteiger partial charge in [-0.05, 0) is 36.4 Å². The fourth-order valence-corrected chi connectivity index (χ4v) is 4.11. The Kier molecular flexibility index (Phi) is 4.73. The van der Waals surface area contributed by atoms with Crippen LogP contribution in [0.2, 0.25) is 0 Å². The average Bonchev–Trinajstić information content (AvgIpc) is 3.18. The number of aliphatic carboxylic acids is 1. The van der Waals surface area contributed by atoms with Crippen LogP contribution in [0.25, 0.3) is 0 Å². The SMILES string of the molecule is O=C(NCC1(C(=O)O)CC1)c1ccccc1SCc1cccs1. The highest BCUT2D eigenvalue weighted by molar-refractivity contribution is 7.98. The second-order valence-electron chi connectivity index (χ2n) is 5.63. The quantitative estimate of drug-likeness (QED) is 0.751. The maximum Gasteiger partial charge on any atom is 0.311 e. The minimum Gasteiger partial charge on any atom is -0.481 e. The number of carboxylic acid groups (broad SMARTS) is 1. The molecule has 120 valence electrons. The molecule has 1 aliphatic carbocycles. The van der Waals surface area contributed by atoms with E-state index < -0.39 is 11.4 Å². The molecule has 0 saturated heterocycles. The molecule has 2 N–H and O–H groups in total. The third-order valence-corrected chi connectivity index (χ3v) is 6.16. The molecule has 23 heavy (non-hydrogen) atoms. The Balaban J connectivity index is 1.64. The highest BCUT2D eigenvalue weighted by atomic mass is 32.2. The fourth-order valence-electron chi connectivity index (χ4n) is 2.29. The van der Waals surface area contributed by atoms with Crippen molar-refractivity contribution in [3.05, 3.63) is 52.2 Å². The lowest BCUT2D eigenvalue weighted by molar-refractivity contribution is -0.143. The molecule has 3 rings (SSSR count). The highest BCUT2D eigenvalue weighted by Crippen LogP contribution is 2.45. The van der Waals surface area contributed by atoms with E-state index in [0.29, 0.717) is 18.4 Å². The first-order valence-electron chi connectivity index (χ1n) is 7.36. The van der Waals surface area contributed by atoms with Crippen LogP contribution in [0.3, 0.4) is 0 Å². The first kappa shape index (κ1) is 16.1. The Bertz CT molecular complexity index is 708. The van der Waals surface area contributed by atoms with E-state index in [1.165, 1.54) is 4.88 Å². The van der Waals surface area contributed by atoms with E-state index >= 15 is 0 Å². The van der Waals surface area contributed by atoms with E-state index in [4.69, 9.17) is 0 Å². The maximum atomic E-state index is 12.4. The van der Waals surface area contributed by atoms with Gasteiger partial charge in [-0.1, -0.05) is 18.2 Å². The van der Waals surface area contributed by atoms with Gasteiger partial charge in [0.05, 0.1) is 11.0 Å². The zero-order valence-electron chi connectivity index (χ0n) is 12.5. The summed E-state index contributed by atoms with van der Waals surface area (Å²) in [5.41, 5.74) is -0.135. The molecule has 0 spiro atoms. The highest BCUT2D eigenvalue weighted by Gasteiger charge is 2.50. The van der Waals surface area contributed by atoms with E-state index in [2.05, 4.69) is 11.4 Å². The molecule has 4 nitrogen and oxygen atoms in total. The van der Waals surface area contributed by atoms with Crippen LogP contribution in [0.4, 0.5) is 0 Å². The van der Waals surface area contributed by atoms with Crippen LogP contribution in [0.1, 0.15) is 28.1 Å². The van der Waals surface area contributed by atoms with Gasteiger partial charge in [-0.25, -0.2) is 0 Å². The van der Waals surface area contributed by atoms with Crippen LogP contribution in [0.5, 0.6) is 0 Å². The molecule has 2 aromatic rings. The van der Waals surface area contributed by atoms with Gasteiger partial charge in [-0.3, -0.25) is 9.59 Å². The van der Waals surface area contributed by atoms with E-state index in [1.54, 1.807) is 29.2 Å². The molecule has 1 aromatic carbocycles. The second-order valence-corrected chi connectivity index (χ2v) is 7.68. The van der Waals surface area contributed by atoms with Gasteiger partial charge in [-0.2, -0.15) is 0 Å². The summed E-state index contributed by atoms with van der Waals surface area (Å²) in [4.78, 5) is 25.8. The maximum absolute atomic E-state index is 12.4. The van der Waals surface area contributed by atoms with Gasteiger partial charge in [0.1, 0.15) is 0 Å². The van der Waals surface area contributed by atoms with Crippen molar-refractivity contribution in [1.82, 2.24) is 5.32 Å². The number of thioether (sulfide) groups is 1. The molecule has 1 fully saturated rings. The van der Waals surface area contributed by atoms with Crippen LogP contribution in [-0.2, 0) is 10.5 Å². The first-order chi connectivity index (χ1) is 11.1. The number of benzene rings is 1. The summed E-state index contributed by atoms with van der Waals surface area (Å²) < 4.78 is 0. The smallest absolute Gasteiger partial charge is 0.311 e. The molecule has 0 atom stereocenters. The van der Waals surface area contributed by atoms with Crippen molar-refractivity contribution in [2.24, 2.45) is 5.41 Å². The third kappa shape index (κ3) is 3.76. The Morgan fingerprint density at radius 2 is 2.00 bits per heavy atom. The zero-order chi connectivity index (χ0) is 16.3. The van der Waals surface area contributed by atoms with E-state index in [9.17, 15) is 14.7 Å². The number of rotatable bonds is 7. The topological polar surface area (TPSA) is 66.4 Å². The number of hydrogen-bond donors (Lipinski definition) is 2. The van der Waals surface area contributed by atoms with Crippen LogP contribution in [0, 0.1) is 5.41 Å². The minimum atomic E-state index is -0.821. The molecule has 1 saturated carbocycles. The van der Waals surface area contributed by atoms with Crippen molar-refractivity contribution in [3.8, 4) is 0 Å². The first-order valence-corrected chi connectivity index (χ1v) is 9.23. The average molecular weight is 347 g/mol. The Hall–Kier alpha value is -1.79. The Morgan fingerprint density at radius 3 is 2.65 bits per heavy atom. The largest absolute Gasteiger partial charge is 0.481 e. The lowest BCUT2D eigenvalue weighted by Gasteiger charge is -2.13. The summed E-state index contributed by atoms with van der Waals surface area (Å²) in [6.07, 6.45) is 1.27. The summed E-state index contributed by atoms with van der Waals surface area (Å²) in [7, 11) is 0. The number of carbonyl (C=O) groups excluding carboxylic acids is 1. The van der Waals surface area contributed by atoms with E-state index in [-0.39, 0.29) is 12.5 Å². The molecule has 0 bridgehead atoms. The third-order valence-electron chi connectivity index (χ3n) is 3.98. The molecule has 1 aliphatic rings. The molecule has 1 aromatic heterocycles. The number of carboxylic acids is 1. The van der Waals surface area contributed by atoms with E-state index in [0.717, 1.165) is 10.6 Å². The summed E-state index contributed by atoms with van der Waals surface area (Å²) >= 11 is 3.32. The lowest BCUT2D eigenvalue weighted by Crippen LogP contribution is -2.34. The van der Waals surface area contributed by atoms with Crippen molar-refractivity contribution in [1.29, 1.82) is 0 Å². The van der Waals surface area contributed by atoms with Gasteiger partial charge in [0.2, 0.25) is 0 Å².